The van der Waals surface area contributed by atoms with Gasteiger partial charge in [0, 0.05) is 12.3 Å². The van der Waals surface area contributed by atoms with Crippen LogP contribution in [0.15, 0.2) is 30.5 Å². The van der Waals surface area contributed by atoms with Crippen molar-refractivity contribution in [3.63, 3.8) is 0 Å². The number of rotatable bonds is 2. The van der Waals surface area contributed by atoms with Crippen LogP contribution in [0.2, 0.25) is 5.02 Å². The third-order valence-corrected chi connectivity index (χ3v) is 3.25. The number of pyridine rings is 1. The Morgan fingerprint density at radius 1 is 1.20 bits per heavy atom. The van der Waals surface area contributed by atoms with E-state index in [4.69, 9.17) is 23.2 Å². The van der Waals surface area contributed by atoms with Crippen LogP contribution in [0.4, 0.5) is 8.78 Å². The summed E-state index contributed by atoms with van der Waals surface area (Å²) in [5.41, 5.74) is 1.05. The maximum absolute atomic E-state index is 14.0. The Kier molecular flexibility index (Phi) is 3.31. The van der Waals surface area contributed by atoms with E-state index in [1.54, 1.807) is 6.07 Å². The molecule has 2 aromatic heterocycles. The van der Waals surface area contributed by atoms with E-state index in [1.165, 1.54) is 16.8 Å². The molecule has 0 aliphatic heterocycles. The molecule has 0 saturated carbocycles. The van der Waals surface area contributed by atoms with Gasteiger partial charge in [-0.1, -0.05) is 11.6 Å². The minimum absolute atomic E-state index is 0.0603. The van der Waals surface area contributed by atoms with E-state index in [-0.39, 0.29) is 11.6 Å². The smallest absolute Gasteiger partial charge is 0.164 e. The zero-order valence-electron chi connectivity index (χ0n) is 9.95. The molecule has 0 amide bonds. The van der Waals surface area contributed by atoms with Crippen LogP contribution in [0.25, 0.3) is 16.9 Å². The van der Waals surface area contributed by atoms with Crippen molar-refractivity contribution < 1.29 is 8.78 Å². The third kappa shape index (κ3) is 2.13. The molecular weight excluding hydrogens is 307 g/mol. The second-order valence-electron chi connectivity index (χ2n) is 4.09. The van der Waals surface area contributed by atoms with Crippen LogP contribution >= 0.6 is 23.2 Å². The third-order valence-electron chi connectivity index (χ3n) is 2.80. The summed E-state index contributed by atoms with van der Waals surface area (Å²) in [7, 11) is 0. The summed E-state index contributed by atoms with van der Waals surface area (Å²) in [5, 5.41) is 0.419. The van der Waals surface area contributed by atoms with E-state index < -0.39 is 11.6 Å². The van der Waals surface area contributed by atoms with Gasteiger partial charge >= 0.3 is 0 Å². The van der Waals surface area contributed by atoms with Crippen molar-refractivity contribution in [1.29, 1.82) is 0 Å². The average molecular weight is 314 g/mol. The number of fused-ring (bicyclic) bond motifs is 1. The number of alkyl halides is 1. The van der Waals surface area contributed by atoms with Gasteiger partial charge in [0.1, 0.15) is 23.0 Å². The molecule has 20 heavy (non-hydrogen) atoms. The highest BCUT2D eigenvalue weighted by Crippen LogP contribution is 2.25. The molecule has 0 aliphatic rings. The lowest BCUT2D eigenvalue weighted by molar-refractivity contribution is 0.577. The lowest BCUT2D eigenvalue weighted by Gasteiger charge is -2.08. The van der Waals surface area contributed by atoms with Crippen LogP contribution in [-0.4, -0.2) is 14.5 Å². The number of hydrogen-bond acceptors (Lipinski definition) is 2. The topological polar surface area (TPSA) is 30.7 Å². The Labute approximate surface area is 122 Å². The summed E-state index contributed by atoms with van der Waals surface area (Å²) in [6.07, 6.45) is 1.43. The first kappa shape index (κ1) is 13.3. The maximum Gasteiger partial charge on any atom is 0.164 e. The highest BCUT2D eigenvalue weighted by atomic mass is 35.5. The SMILES string of the molecule is Fc1ccc(-n2c(CCl)nc3cc(Cl)cnc32)c(F)c1. The van der Waals surface area contributed by atoms with Crippen molar-refractivity contribution in [3.05, 3.63) is 52.9 Å². The fraction of sp³-hybridized carbons (Fsp3) is 0.0769. The lowest BCUT2D eigenvalue weighted by Crippen LogP contribution is -2.03. The van der Waals surface area contributed by atoms with Crippen LogP contribution in [0.5, 0.6) is 0 Å². The molecule has 0 atom stereocenters. The van der Waals surface area contributed by atoms with Crippen LogP contribution in [-0.2, 0) is 5.88 Å². The van der Waals surface area contributed by atoms with Crippen LogP contribution < -0.4 is 0 Å². The van der Waals surface area contributed by atoms with Crippen molar-refractivity contribution in [2.45, 2.75) is 5.88 Å². The summed E-state index contributed by atoms with van der Waals surface area (Å²) in [4.78, 5) is 8.39. The van der Waals surface area contributed by atoms with Crippen molar-refractivity contribution in [1.82, 2.24) is 14.5 Å². The van der Waals surface area contributed by atoms with E-state index in [0.29, 0.717) is 22.0 Å². The van der Waals surface area contributed by atoms with E-state index in [1.807, 2.05) is 0 Å². The lowest BCUT2D eigenvalue weighted by atomic mass is 10.3. The molecule has 0 radical (unpaired) electrons. The number of halogens is 4. The number of benzene rings is 1. The molecule has 0 saturated heterocycles. The van der Waals surface area contributed by atoms with Crippen molar-refractivity contribution in [2.24, 2.45) is 0 Å². The minimum atomic E-state index is -0.715. The molecule has 0 spiro atoms. The first-order chi connectivity index (χ1) is 9.60. The largest absolute Gasteiger partial charge is 0.277 e. The number of hydrogen-bond donors (Lipinski definition) is 0. The Morgan fingerprint density at radius 2 is 2.00 bits per heavy atom. The summed E-state index contributed by atoms with van der Waals surface area (Å²) < 4.78 is 28.4. The molecule has 3 aromatic rings. The number of imidazole rings is 1. The zero-order chi connectivity index (χ0) is 14.3. The van der Waals surface area contributed by atoms with Gasteiger partial charge in [0.25, 0.3) is 0 Å². The van der Waals surface area contributed by atoms with Gasteiger partial charge in [0.15, 0.2) is 5.65 Å². The first-order valence-corrected chi connectivity index (χ1v) is 6.55. The fourth-order valence-electron chi connectivity index (χ4n) is 1.99. The number of nitrogens with zero attached hydrogens (tertiary/aromatic N) is 3. The molecular formula is C13H7Cl2F2N3. The summed E-state index contributed by atoms with van der Waals surface area (Å²) >= 11 is 11.7. The molecule has 0 unspecified atom stereocenters. The molecule has 0 fully saturated rings. The van der Waals surface area contributed by atoms with Gasteiger partial charge in [0.2, 0.25) is 0 Å². The highest BCUT2D eigenvalue weighted by molar-refractivity contribution is 6.31. The van der Waals surface area contributed by atoms with Crippen LogP contribution in [0, 0.1) is 11.6 Å². The predicted octanol–water partition coefficient (Wildman–Crippen LogP) is 4.09. The number of aromatic nitrogens is 3. The predicted molar refractivity (Wildman–Crippen MR) is 73.3 cm³/mol. The van der Waals surface area contributed by atoms with Crippen molar-refractivity contribution in [2.75, 3.05) is 0 Å². The Morgan fingerprint density at radius 3 is 2.70 bits per heavy atom. The molecule has 7 heteroatoms. The van der Waals surface area contributed by atoms with E-state index in [9.17, 15) is 8.78 Å². The summed E-state index contributed by atoms with van der Waals surface area (Å²) in [6, 6.07) is 4.89. The van der Waals surface area contributed by atoms with E-state index in [2.05, 4.69) is 9.97 Å². The Balaban J connectivity index is 2.34. The first-order valence-electron chi connectivity index (χ1n) is 5.64. The molecule has 1 aromatic carbocycles. The van der Waals surface area contributed by atoms with Gasteiger partial charge in [-0.15, -0.1) is 11.6 Å². The average Bonchev–Trinajstić information content (AvgIpc) is 2.76. The quantitative estimate of drug-likeness (QED) is 0.667. The zero-order valence-corrected chi connectivity index (χ0v) is 11.5. The molecule has 0 N–H and O–H groups in total. The van der Waals surface area contributed by atoms with Crippen molar-refractivity contribution in [3.8, 4) is 5.69 Å². The van der Waals surface area contributed by atoms with Gasteiger partial charge in [-0.2, -0.15) is 0 Å². The minimum Gasteiger partial charge on any atom is -0.277 e. The van der Waals surface area contributed by atoms with Gasteiger partial charge in [-0.3, -0.25) is 4.57 Å². The maximum atomic E-state index is 14.0. The van der Waals surface area contributed by atoms with E-state index in [0.717, 1.165) is 12.1 Å². The van der Waals surface area contributed by atoms with Gasteiger partial charge in [0.05, 0.1) is 16.6 Å². The second kappa shape index (κ2) is 5.00. The van der Waals surface area contributed by atoms with Crippen molar-refractivity contribution >= 4 is 34.4 Å². The van der Waals surface area contributed by atoms with E-state index >= 15 is 0 Å². The summed E-state index contributed by atoms with van der Waals surface area (Å²) in [5.74, 6) is -0.904. The van der Waals surface area contributed by atoms with Gasteiger partial charge < -0.3 is 0 Å². The monoisotopic (exact) mass is 313 g/mol. The Bertz CT molecular complexity index is 802. The molecule has 0 aliphatic carbocycles. The molecule has 0 bridgehead atoms. The second-order valence-corrected chi connectivity index (χ2v) is 4.79. The highest BCUT2D eigenvalue weighted by Gasteiger charge is 2.16. The van der Waals surface area contributed by atoms with Crippen LogP contribution in [0.1, 0.15) is 5.82 Å². The molecule has 2 heterocycles. The summed E-state index contributed by atoms with van der Waals surface area (Å²) in [6.45, 7) is 0. The Hall–Kier alpha value is -1.72. The normalized spacial score (nSPS) is 11.2. The molecule has 3 nitrogen and oxygen atoms in total. The van der Waals surface area contributed by atoms with Gasteiger partial charge in [-0.25, -0.2) is 18.7 Å². The van der Waals surface area contributed by atoms with Gasteiger partial charge in [-0.05, 0) is 18.2 Å². The fourth-order valence-corrected chi connectivity index (χ4v) is 2.32. The molecule has 102 valence electrons. The standard InChI is InChI=1S/C13H7Cl2F2N3/c14-5-12-19-10-3-7(15)6-18-13(10)20(12)11-2-1-8(16)4-9(11)17/h1-4,6H,5H2. The van der Waals surface area contributed by atoms with Crippen LogP contribution in [0.3, 0.4) is 0 Å². The molecule has 3 rings (SSSR count).